The van der Waals surface area contributed by atoms with Gasteiger partial charge < -0.3 is 10.2 Å². The molecule has 0 aromatic carbocycles. The first-order valence-electron chi connectivity index (χ1n) is 7.40. The van der Waals surface area contributed by atoms with Crippen molar-refractivity contribution < 1.29 is 4.79 Å². The molecular formula is C15H30N2O. The van der Waals surface area contributed by atoms with Gasteiger partial charge >= 0.3 is 0 Å². The molecule has 1 aliphatic heterocycles. The molecule has 2 atom stereocenters. The van der Waals surface area contributed by atoms with Crippen molar-refractivity contribution in [3.05, 3.63) is 0 Å². The van der Waals surface area contributed by atoms with Crippen LogP contribution < -0.4 is 5.32 Å². The Kier molecular flexibility index (Phi) is 5.64. The van der Waals surface area contributed by atoms with Crippen molar-refractivity contribution in [2.75, 3.05) is 19.6 Å². The predicted molar refractivity (Wildman–Crippen MR) is 76.5 cm³/mol. The highest BCUT2D eigenvalue weighted by molar-refractivity contribution is 5.81. The Bertz CT molecular complexity index is 270. The third kappa shape index (κ3) is 4.60. The first-order chi connectivity index (χ1) is 8.36. The summed E-state index contributed by atoms with van der Waals surface area (Å²) in [5.41, 5.74) is -0.283. The summed E-state index contributed by atoms with van der Waals surface area (Å²) in [6.45, 7) is 13.8. The van der Waals surface area contributed by atoms with Crippen LogP contribution in [0.15, 0.2) is 0 Å². The summed E-state index contributed by atoms with van der Waals surface area (Å²) in [4.78, 5) is 14.6. The zero-order valence-electron chi connectivity index (χ0n) is 12.8. The van der Waals surface area contributed by atoms with Crippen LogP contribution in [0.25, 0.3) is 0 Å². The molecule has 0 bridgehead atoms. The van der Waals surface area contributed by atoms with Gasteiger partial charge in [-0.1, -0.05) is 41.0 Å². The number of hydrogen-bond acceptors (Lipinski definition) is 2. The summed E-state index contributed by atoms with van der Waals surface area (Å²) in [7, 11) is 0. The highest BCUT2D eigenvalue weighted by Crippen LogP contribution is 2.21. The quantitative estimate of drug-likeness (QED) is 0.836. The molecule has 1 rings (SSSR count). The molecule has 0 radical (unpaired) electrons. The molecule has 1 fully saturated rings. The van der Waals surface area contributed by atoms with E-state index in [9.17, 15) is 4.79 Å². The molecular weight excluding hydrogens is 224 g/mol. The minimum absolute atomic E-state index is 0.181. The minimum atomic E-state index is -0.283. The molecule has 0 aromatic rings. The third-order valence-corrected chi connectivity index (χ3v) is 3.75. The molecule has 1 aliphatic rings. The first-order valence-corrected chi connectivity index (χ1v) is 7.40. The van der Waals surface area contributed by atoms with E-state index in [-0.39, 0.29) is 11.3 Å². The number of nitrogens with zero attached hydrogens (tertiary/aromatic N) is 1. The topological polar surface area (TPSA) is 32.3 Å². The lowest BCUT2D eigenvalue weighted by molar-refractivity contribution is -0.129. The maximum absolute atomic E-state index is 12.1. The van der Waals surface area contributed by atoms with Crippen molar-refractivity contribution >= 4 is 5.91 Å². The molecule has 0 aliphatic carbocycles. The molecule has 0 saturated carbocycles. The van der Waals surface area contributed by atoms with Crippen LogP contribution in [-0.4, -0.2) is 36.5 Å². The van der Waals surface area contributed by atoms with Crippen LogP contribution in [0, 0.1) is 11.3 Å². The van der Waals surface area contributed by atoms with Crippen molar-refractivity contribution in [2.24, 2.45) is 11.3 Å². The molecule has 3 heteroatoms. The lowest BCUT2D eigenvalue weighted by Crippen LogP contribution is -2.52. The number of carbonyl (C=O) groups excluding carboxylic acids is 1. The highest BCUT2D eigenvalue weighted by Gasteiger charge is 2.29. The maximum Gasteiger partial charge on any atom is 0.225 e. The van der Waals surface area contributed by atoms with Gasteiger partial charge in [0.15, 0.2) is 0 Å². The van der Waals surface area contributed by atoms with Crippen LogP contribution >= 0.6 is 0 Å². The molecule has 1 amide bonds. The number of nitrogens with one attached hydrogen (secondary N) is 1. The number of carbonyl (C=O) groups is 1. The molecule has 0 aromatic heterocycles. The van der Waals surface area contributed by atoms with Gasteiger partial charge in [-0.2, -0.15) is 0 Å². The number of amides is 1. The normalized spacial score (nSPS) is 26.1. The SMILES string of the molecule is CCCN1CC(CC)CC(NC(=O)C(C)(C)C)C1. The summed E-state index contributed by atoms with van der Waals surface area (Å²) in [6.07, 6.45) is 3.54. The van der Waals surface area contributed by atoms with E-state index in [1.54, 1.807) is 0 Å². The van der Waals surface area contributed by atoms with Crippen molar-refractivity contribution in [1.82, 2.24) is 10.2 Å². The van der Waals surface area contributed by atoms with E-state index in [4.69, 9.17) is 0 Å². The Labute approximate surface area is 112 Å². The molecule has 18 heavy (non-hydrogen) atoms. The fraction of sp³-hybridized carbons (Fsp3) is 0.933. The smallest absolute Gasteiger partial charge is 0.225 e. The van der Waals surface area contributed by atoms with Gasteiger partial charge in [0.05, 0.1) is 0 Å². The molecule has 106 valence electrons. The van der Waals surface area contributed by atoms with Gasteiger partial charge in [0.1, 0.15) is 0 Å². The van der Waals surface area contributed by atoms with Crippen LogP contribution in [0.4, 0.5) is 0 Å². The average Bonchev–Trinajstić information content (AvgIpc) is 2.27. The van der Waals surface area contributed by atoms with Crippen LogP contribution in [0.3, 0.4) is 0 Å². The second kappa shape index (κ2) is 6.55. The summed E-state index contributed by atoms with van der Waals surface area (Å²) < 4.78 is 0. The van der Waals surface area contributed by atoms with E-state index in [0.29, 0.717) is 6.04 Å². The second-order valence-electron chi connectivity index (χ2n) is 6.69. The molecule has 3 nitrogen and oxygen atoms in total. The molecule has 2 unspecified atom stereocenters. The molecule has 0 spiro atoms. The standard InChI is InChI=1S/C15H30N2O/c1-6-8-17-10-12(7-2)9-13(11-17)16-14(18)15(3,4)5/h12-13H,6-11H2,1-5H3,(H,16,18). The van der Waals surface area contributed by atoms with Crippen LogP contribution in [0.2, 0.25) is 0 Å². The third-order valence-electron chi connectivity index (χ3n) is 3.75. The Morgan fingerprint density at radius 1 is 1.28 bits per heavy atom. The van der Waals surface area contributed by atoms with Crippen molar-refractivity contribution in [3.63, 3.8) is 0 Å². The molecule has 1 heterocycles. The van der Waals surface area contributed by atoms with E-state index in [0.717, 1.165) is 25.4 Å². The van der Waals surface area contributed by atoms with Gasteiger partial charge in [0.2, 0.25) is 5.91 Å². The Morgan fingerprint density at radius 3 is 2.44 bits per heavy atom. The van der Waals surface area contributed by atoms with Gasteiger partial charge in [-0.15, -0.1) is 0 Å². The maximum atomic E-state index is 12.1. The minimum Gasteiger partial charge on any atom is -0.352 e. The largest absolute Gasteiger partial charge is 0.352 e. The lowest BCUT2D eigenvalue weighted by atomic mass is 9.90. The van der Waals surface area contributed by atoms with E-state index in [1.807, 2.05) is 20.8 Å². The van der Waals surface area contributed by atoms with Gasteiger partial charge in [-0.25, -0.2) is 0 Å². The Hall–Kier alpha value is -0.570. The van der Waals surface area contributed by atoms with Gasteiger partial charge in [0, 0.05) is 24.5 Å². The van der Waals surface area contributed by atoms with Crippen molar-refractivity contribution in [1.29, 1.82) is 0 Å². The summed E-state index contributed by atoms with van der Waals surface area (Å²) in [5.74, 6) is 0.913. The fourth-order valence-electron chi connectivity index (χ4n) is 2.60. The molecule has 1 N–H and O–H groups in total. The van der Waals surface area contributed by atoms with Crippen molar-refractivity contribution in [3.8, 4) is 0 Å². The van der Waals surface area contributed by atoms with E-state index < -0.39 is 0 Å². The van der Waals surface area contributed by atoms with Gasteiger partial charge in [-0.05, 0) is 25.3 Å². The van der Waals surface area contributed by atoms with Crippen molar-refractivity contribution in [2.45, 2.75) is 59.9 Å². The van der Waals surface area contributed by atoms with Crippen LogP contribution in [0.1, 0.15) is 53.9 Å². The lowest BCUT2D eigenvalue weighted by Gasteiger charge is -2.38. The number of likely N-dealkylation sites (tertiary alicyclic amines) is 1. The zero-order chi connectivity index (χ0) is 13.8. The van der Waals surface area contributed by atoms with Gasteiger partial charge in [-0.3, -0.25) is 4.79 Å². The average molecular weight is 254 g/mol. The van der Waals surface area contributed by atoms with Crippen LogP contribution in [0.5, 0.6) is 0 Å². The number of hydrogen-bond donors (Lipinski definition) is 1. The summed E-state index contributed by atoms with van der Waals surface area (Å²) >= 11 is 0. The van der Waals surface area contributed by atoms with E-state index in [2.05, 4.69) is 24.1 Å². The van der Waals surface area contributed by atoms with Crippen LogP contribution in [-0.2, 0) is 4.79 Å². The zero-order valence-corrected chi connectivity index (χ0v) is 12.8. The van der Waals surface area contributed by atoms with E-state index in [1.165, 1.54) is 19.4 Å². The monoisotopic (exact) mass is 254 g/mol. The second-order valence-corrected chi connectivity index (χ2v) is 6.69. The summed E-state index contributed by atoms with van der Waals surface area (Å²) in [6, 6.07) is 0.335. The summed E-state index contributed by atoms with van der Waals surface area (Å²) in [5, 5.41) is 3.23. The molecule has 1 saturated heterocycles. The highest BCUT2D eigenvalue weighted by atomic mass is 16.2. The fourth-order valence-corrected chi connectivity index (χ4v) is 2.60. The van der Waals surface area contributed by atoms with Gasteiger partial charge in [0.25, 0.3) is 0 Å². The number of piperidine rings is 1. The number of rotatable bonds is 4. The van der Waals surface area contributed by atoms with E-state index >= 15 is 0 Å². The Balaban J connectivity index is 2.56. The predicted octanol–water partition coefficient (Wildman–Crippen LogP) is 2.66. The Morgan fingerprint density at radius 2 is 1.94 bits per heavy atom. The first kappa shape index (κ1) is 15.5.